The number of hydrogen-bond acceptors (Lipinski definition) is 3. The first kappa shape index (κ1) is 14.8. The van der Waals surface area contributed by atoms with Gasteiger partial charge >= 0.3 is 5.97 Å². The molecule has 0 fully saturated rings. The normalized spacial score (nSPS) is 11.7. The van der Waals surface area contributed by atoms with Crippen LogP contribution in [0.15, 0.2) is 18.2 Å². The topological polar surface area (TPSA) is 40.5 Å². The molecule has 0 amide bonds. The number of halogens is 3. The van der Waals surface area contributed by atoms with Crippen LogP contribution in [0, 0.1) is 5.82 Å². The Balaban J connectivity index is 2.48. The fourth-order valence-electron chi connectivity index (χ4n) is 2.06. The Morgan fingerprint density at radius 1 is 1.45 bits per heavy atom. The number of benzene rings is 1. The van der Waals surface area contributed by atoms with E-state index in [0.29, 0.717) is 4.70 Å². The van der Waals surface area contributed by atoms with E-state index in [1.807, 2.05) is 0 Å². The molecule has 0 unspecified atom stereocenters. The van der Waals surface area contributed by atoms with Crippen LogP contribution in [0.4, 0.5) is 13.2 Å². The van der Waals surface area contributed by atoms with Crippen molar-refractivity contribution >= 4 is 27.4 Å². The second-order valence-corrected chi connectivity index (χ2v) is 5.47. The molecule has 20 heavy (non-hydrogen) atoms. The lowest BCUT2D eigenvalue weighted by molar-refractivity contribution is 0.0699. The van der Waals surface area contributed by atoms with E-state index in [4.69, 9.17) is 0 Å². The van der Waals surface area contributed by atoms with Crippen molar-refractivity contribution in [3.8, 4) is 0 Å². The van der Waals surface area contributed by atoms with E-state index in [9.17, 15) is 23.1 Å². The Hall–Kier alpha value is -1.60. The molecule has 1 N–H and O–H groups in total. The van der Waals surface area contributed by atoms with E-state index in [1.54, 1.807) is 6.07 Å². The van der Waals surface area contributed by atoms with Gasteiger partial charge in [-0.1, -0.05) is 6.07 Å². The van der Waals surface area contributed by atoms with E-state index >= 15 is 0 Å². The second-order valence-electron chi connectivity index (χ2n) is 4.42. The number of aromatic carboxylic acids is 1. The van der Waals surface area contributed by atoms with Gasteiger partial charge in [0.25, 0.3) is 6.43 Å². The number of carbonyl (C=O) groups is 1. The number of hydrogen-bond donors (Lipinski definition) is 1. The molecular formula is C13H12F3NO2S. The van der Waals surface area contributed by atoms with Gasteiger partial charge in [0.1, 0.15) is 10.7 Å². The van der Waals surface area contributed by atoms with Crippen LogP contribution < -0.4 is 0 Å². The van der Waals surface area contributed by atoms with E-state index in [0.717, 1.165) is 11.3 Å². The quantitative estimate of drug-likeness (QED) is 0.920. The maximum Gasteiger partial charge on any atom is 0.346 e. The number of thiophene rings is 1. The molecule has 0 saturated carbocycles. The van der Waals surface area contributed by atoms with Gasteiger partial charge in [0, 0.05) is 22.2 Å². The molecule has 0 atom stereocenters. The molecule has 0 bridgehead atoms. The first-order valence-electron chi connectivity index (χ1n) is 5.80. The summed E-state index contributed by atoms with van der Waals surface area (Å²) in [5, 5.41) is 9.38. The highest BCUT2D eigenvalue weighted by molar-refractivity contribution is 7.21. The SMILES string of the molecule is CN(Cc1c(C(=O)O)sc2cccc(F)c12)CC(F)F. The fraction of sp³-hybridized carbons (Fsp3) is 0.308. The Morgan fingerprint density at radius 2 is 2.15 bits per heavy atom. The van der Waals surface area contributed by atoms with Crippen LogP contribution in [0.3, 0.4) is 0 Å². The van der Waals surface area contributed by atoms with Crippen molar-refractivity contribution in [1.82, 2.24) is 4.90 Å². The largest absolute Gasteiger partial charge is 0.477 e. The van der Waals surface area contributed by atoms with E-state index in [-0.39, 0.29) is 22.4 Å². The molecule has 0 aliphatic heterocycles. The third-order valence-corrected chi connectivity index (χ3v) is 4.02. The van der Waals surface area contributed by atoms with Gasteiger partial charge in [0.05, 0.1) is 6.54 Å². The molecule has 0 aliphatic rings. The summed E-state index contributed by atoms with van der Waals surface area (Å²) in [5.74, 6) is -1.71. The smallest absolute Gasteiger partial charge is 0.346 e. The molecule has 1 aromatic carbocycles. The maximum atomic E-state index is 13.9. The van der Waals surface area contributed by atoms with Crippen LogP contribution in [0.1, 0.15) is 15.2 Å². The highest BCUT2D eigenvalue weighted by Gasteiger charge is 2.21. The van der Waals surface area contributed by atoms with Crippen LogP contribution in [0.25, 0.3) is 10.1 Å². The van der Waals surface area contributed by atoms with Crippen molar-refractivity contribution in [2.45, 2.75) is 13.0 Å². The van der Waals surface area contributed by atoms with Crippen molar-refractivity contribution in [3.63, 3.8) is 0 Å². The number of fused-ring (bicyclic) bond motifs is 1. The Kier molecular flexibility index (Phi) is 4.29. The highest BCUT2D eigenvalue weighted by Crippen LogP contribution is 2.34. The van der Waals surface area contributed by atoms with Gasteiger partial charge < -0.3 is 5.11 Å². The minimum atomic E-state index is -2.52. The molecule has 2 aromatic rings. The lowest BCUT2D eigenvalue weighted by Gasteiger charge is -2.16. The summed E-state index contributed by atoms with van der Waals surface area (Å²) in [5.41, 5.74) is 0.249. The molecule has 0 spiro atoms. The second kappa shape index (κ2) is 5.80. The molecule has 0 aliphatic carbocycles. The molecule has 1 heterocycles. The summed E-state index contributed by atoms with van der Waals surface area (Å²) in [7, 11) is 1.45. The van der Waals surface area contributed by atoms with Gasteiger partial charge in [0.2, 0.25) is 0 Å². The van der Waals surface area contributed by atoms with Crippen LogP contribution in [-0.4, -0.2) is 36.0 Å². The Morgan fingerprint density at radius 3 is 2.75 bits per heavy atom. The average Bonchev–Trinajstić information content (AvgIpc) is 2.68. The first-order valence-corrected chi connectivity index (χ1v) is 6.61. The molecule has 3 nitrogen and oxygen atoms in total. The summed E-state index contributed by atoms with van der Waals surface area (Å²) < 4.78 is 39.1. The summed E-state index contributed by atoms with van der Waals surface area (Å²) in [4.78, 5) is 12.5. The van der Waals surface area contributed by atoms with Crippen LogP contribution in [0.5, 0.6) is 0 Å². The summed E-state index contributed by atoms with van der Waals surface area (Å²) >= 11 is 0.953. The molecule has 0 saturated heterocycles. The molecular weight excluding hydrogens is 291 g/mol. The monoisotopic (exact) mass is 303 g/mol. The van der Waals surface area contributed by atoms with Crippen LogP contribution in [-0.2, 0) is 6.54 Å². The van der Waals surface area contributed by atoms with E-state index in [1.165, 1.54) is 24.1 Å². The zero-order valence-electron chi connectivity index (χ0n) is 10.6. The van der Waals surface area contributed by atoms with Crippen molar-refractivity contribution in [3.05, 3.63) is 34.5 Å². The number of carboxylic acid groups (broad SMARTS) is 1. The van der Waals surface area contributed by atoms with Crippen LogP contribution >= 0.6 is 11.3 Å². The standard InChI is InChI=1S/C13H12F3NO2S/c1-17(6-10(15)16)5-7-11-8(14)3-2-4-9(11)20-12(7)13(18)19/h2-4,10H,5-6H2,1H3,(H,18,19). The Labute approximate surface area is 117 Å². The van der Waals surface area contributed by atoms with Gasteiger partial charge in [-0.15, -0.1) is 11.3 Å². The lowest BCUT2D eigenvalue weighted by Crippen LogP contribution is -2.24. The predicted octanol–water partition coefficient (Wildman–Crippen LogP) is 3.44. The molecule has 108 valence electrons. The number of rotatable bonds is 5. The molecule has 0 radical (unpaired) electrons. The number of alkyl halides is 2. The lowest BCUT2D eigenvalue weighted by atomic mass is 10.1. The third-order valence-electron chi connectivity index (χ3n) is 2.84. The predicted molar refractivity (Wildman–Crippen MR) is 71.1 cm³/mol. The minimum Gasteiger partial charge on any atom is -0.477 e. The van der Waals surface area contributed by atoms with Gasteiger partial charge in [-0.2, -0.15) is 0 Å². The van der Waals surface area contributed by atoms with E-state index in [2.05, 4.69) is 0 Å². The summed E-state index contributed by atoms with van der Waals surface area (Å²) in [6, 6.07) is 4.34. The number of nitrogens with zero attached hydrogens (tertiary/aromatic N) is 1. The number of carboxylic acids is 1. The molecule has 1 aromatic heterocycles. The summed E-state index contributed by atoms with van der Waals surface area (Å²) in [6.07, 6.45) is -2.52. The third kappa shape index (κ3) is 2.94. The van der Waals surface area contributed by atoms with Gasteiger partial charge in [-0.25, -0.2) is 18.0 Å². The average molecular weight is 303 g/mol. The van der Waals surface area contributed by atoms with Gasteiger partial charge in [-0.05, 0) is 19.2 Å². The highest BCUT2D eigenvalue weighted by atomic mass is 32.1. The zero-order valence-corrected chi connectivity index (χ0v) is 11.4. The van der Waals surface area contributed by atoms with Crippen molar-refractivity contribution < 1.29 is 23.1 Å². The fourth-order valence-corrected chi connectivity index (χ4v) is 3.13. The molecule has 2 rings (SSSR count). The van der Waals surface area contributed by atoms with Gasteiger partial charge in [0.15, 0.2) is 0 Å². The summed E-state index contributed by atoms with van der Waals surface area (Å²) in [6.45, 7) is -0.530. The van der Waals surface area contributed by atoms with Crippen LogP contribution in [0.2, 0.25) is 0 Å². The van der Waals surface area contributed by atoms with Gasteiger partial charge in [-0.3, -0.25) is 4.90 Å². The maximum absolute atomic E-state index is 13.9. The molecule has 7 heteroatoms. The van der Waals surface area contributed by atoms with Crippen molar-refractivity contribution in [1.29, 1.82) is 0 Å². The first-order chi connectivity index (χ1) is 9.40. The minimum absolute atomic E-state index is 0.00813. The zero-order chi connectivity index (χ0) is 14.9. The Bertz CT molecular complexity index is 642. The van der Waals surface area contributed by atoms with Crippen molar-refractivity contribution in [2.24, 2.45) is 0 Å². The van der Waals surface area contributed by atoms with E-state index < -0.39 is 24.8 Å². The van der Waals surface area contributed by atoms with Crippen molar-refractivity contribution in [2.75, 3.05) is 13.6 Å².